The van der Waals surface area contributed by atoms with Gasteiger partial charge in [-0.2, -0.15) is 5.10 Å². The molecule has 0 saturated heterocycles. The Hall–Kier alpha value is -2.15. The van der Waals surface area contributed by atoms with E-state index in [1.54, 1.807) is 0 Å². The highest BCUT2D eigenvalue weighted by Gasteiger charge is 2.20. The smallest absolute Gasteiger partial charge is 0.267 e. The van der Waals surface area contributed by atoms with Crippen LogP contribution in [-0.4, -0.2) is 24.1 Å². The maximum absolute atomic E-state index is 12.2. The Balaban J connectivity index is 2.14. The van der Waals surface area contributed by atoms with Crippen LogP contribution < -0.4 is 4.72 Å². The SMILES string of the molecule is CC[C@H](C)CC(=O)NS(=O)(=O)c1cnn(-c2ccccc2)c1. The average molecular weight is 321 g/mol. The summed E-state index contributed by atoms with van der Waals surface area (Å²) in [6.07, 6.45) is 3.61. The Morgan fingerprint density at radius 2 is 2.00 bits per heavy atom. The molecule has 0 unspecified atom stereocenters. The first-order chi connectivity index (χ1) is 10.4. The van der Waals surface area contributed by atoms with Gasteiger partial charge in [-0.3, -0.25) is 4.79 Å². The third kappa shape index (κ3) is 3.94. The van der Waals surface area contributed by atoms with Crippen molar-refractivity contribution in [3.05, 3.63) is 42.7 Å². The second-order valence-electron chi connectivity index (χ2n) is 5.20. The number of aromatic nitrogens is 2. The van der Waals surface area contributed by atoms with Crippen LogP contribution in [0, 0.1) is 5.92 Å². The third-order valence-electron chi connectivity index (χ3n) is 3.37. The summed E-state index contributed by atoms with van der Waals surface area (Å²) in [6.45, 7) is 3.86. The fraction of sp³-hybridized carbons (Fsp3) is 0.333. The number of carbonyl (C=O) groups is 1. The molecule has 0 saturated carbocycles. The average Bonchev–Trinajstić information content (AvgIpc) is 2.98. The van der Waals surface area contributed by atoms with Crippen LogP contribution in [0.3, 0.4) is 0 Å². The van der Waals surface area contributed by atoms with E-state index in [1.807, 2.05) is 44.2 Å². The van der Waals surface area contributed by atoms with Crippen molar-refractivity contribution in [1.82, 2.24) is 14.5 Å². The molecule has 1 aromatic heterocycles. The summed E-state index contributed by atoms with van der Waals surface area (Å²) < 4.78 is 27.9. The van der Waals surface area contributed by atoms with Gasteiger partial charge in [0.25, 0.3) is 10.0 Å². The summed E-state index contributed by atoms with van der Waals surface area (Å²) >= 11 is 0. The van der Waals surface area contributed by atoms with Crippen molar-refractivity contribution < 1.29 is 13.2 Å². The Kier molecular flexibility index (Phi) is 4.97. The summed E-state index contributed by atoms with van der Waals surface area (Å²) in [7, 11) is -3.88. The lowest BCUT2D eigenvalue weighted by molar-refractivity contribution is -0.120. The number of carbonyl (C=O) groups excluding carboxylic acids is 1. The van der Waals surface area contributed by atoms with E-state index >= 15 is 0 Å². The van der Waals surface area contributed by atoms with Crippen LogP contribution >= 0.6 is 0 Å². The van der Waals surface area contributed by atoms with Gasteiger partial charge in [0.1, 0.15) is 4.90 Å². The molecule has 2 aromatic rings. The van der Waals surface area contributed by atoms with Crippen molar-refractivity contribution in [3.8, 4) is 5.69 Å². The minimum absolute atomic E-state index is 0.0335. The van der Waals surface area contributed by atoms with Gasteiger partial charge >= 0.3 is 0 Å². The van der Waals surface area contributed by atoms with Gasteiger partial charge in [-0.05, 0) is 18.1 Å². The second-order valence-corrected chi connectivity index (χ2v) is 6.88. The normalized spacial score (nSPS) is 12.8. The fourth-order valence-corrected chi connectivity index (χ4v) is 2.80. The molecule has 1 heterocycles. The molecular weight excluding hydrogens is 302 g/mol. The van der Waals surface area contributed by atoms with Crippen molar-refractivity contribution in [2.45, 2.75) is 31.6 Å². The molecule has 7 heteroatoms. The molecule has 6 nitrogen and oxygen atoms in total. The third-order valence-corrected chi connectivity index (χ3v) is 4.70. The maximum atomic E-state index is 12.2. The molecule has 1 amide bonds. The minimum atomic E-state index is -3.88. The molecule has 0 spiro atoms. The molecule has 22 heavy (non-hydrogen) atoms. The van der Waals surface area contributed by atoms with Gasteiger partial charge < -0.3 is 0 Å². The first-order valence-electron chi connectivity index (χ1n) is 7.08. The van der Waals surface area contributed by atoms with Crippen LogP contribution in [0.25, 0.3) is 5.69 Å². The number of benzene rings is 1. The molecule has 0 bridgehead atoms. The Labute approximate surface area is 130 Å². The van der Waals surface area contributed by atoms with Gasteiger partial charge in [0, 0.05) is 6.42 Å². The molecule has 2 rings (SSSR count). The van der Waals surface area contributed by atoms with Crippen LogP contribution in [-0.2, 0) is 14.8 Å². The van der Waals surface area contributed by atoms with E-state index in [2.05, 4.69) is 9.82 Å². The molecule has 0 aliphatic heterocycles. The highest BCUT2D eigenvalue weighted by Crippen LogP contribution is 2.13. The predicted molar refractivity (Wildman–Crippen MR) is 83.0 cm³/mol. The molecule has 0 aliphatic rings. The number of para-hydroxylation sites is 1. The van der Waals surface area contributed by atoms with Gasteiger partial charge in [0.2, 0.25) is 5.91 Å². The molecular formula is C15H19N3O3S. The second kappa shape index (κ2) is 6.74. The Bertz CT molecular complexity index is 738. The molecule has 0 radical (unpaired) electrons. The lowest BCUT2D eigenvalue weighted by atomic mass is 10.1. The van der Waals surface area contributed by atoms with Crippen LogP contribution in [0.15, 0.2) is 47.6 Å². The first kappa shape index (κ1) is 16.2. The van der Waals surface area contributed by atoms with Crippen LogP contribution in [0.4, 0.5) is 0 Å². The van der Waals surface area contributed by atoms with Crippen LogP contribution in [0.2, 0.25) is 0 Å². The number of hydrogen-bond donors (Lipinski definition) is 1. The number of nitrogens with one attached hydrogen (secondary N) is 1. The molecule has 1 atom stereocenters. The minimum Gasteiger partial charge on any atom is -0.274 e. The highest BCUT2D eigenvalue weighted by atomic mass is 32.2. The van der Waals surface area contributed by atoms with E-state index in [0.29, 0.717) is 0 Å². The number of rotatable bonds is 6. The monoisotopic (exact) mass is 321 g/mol. The highest BCUT2D eigenvalue weighted by molar-refractivity contribution is 7.90. The molecule has 1 N–H and O–H groups in total. The number of nitrogens with zero attached hydrogens (tertiary/aromatic N) is 2. The van der Waals surface area contributed by atoms with Gasteiger partial charge in [-0.1, -0.05) is 38.5 Å². The molecule has 118 valence electrons. The zero-order valence-electron chi connectivity index (χ0n) is 12.6. The molecule has 0 aliphatic carbocycles. The first-order valence-corrected chi connectivity index (χ1v) is 8.56. The maximum Gasteiger partial charge on any atom is 0.267 e. The van der Waals surface area contributed by atoms with Gasteiger partial charge in [0.05, 0.1) is 18.1 Å². The van der Waals surface area contributed by atoms with Crippen molar-refractivity contribution in [2.24, 2.45) is 5.92 Å². The van der Waals surface area contributed by atoms with Crippen molar-refractivity contribution >= 4 is 15.9 Å². The van der Waals surface area contributed by atoms with Gasteiger partial charge in [0.15, 0.2) is 0 Å². The summed E-state index contributed by atoms with van der Waals surface area (Å²) in [5.74, 6) is -0.357. The van der Waals surface area contributed by atoms with Gasteiger partial charge in [-0.25, -0.2) is 17.8 Å². The van der Waals surface area contributed by atoms with Crippen LogP contribution in [0.1, 0.15) is 26.7 Å². The Morgan fingerprint density at radius 1 is 1.32 bits per heavy atom. The quantitative estimate of drug-likeness (QED) is 0.883. The van der Waals surface area contributed by atoms with Crippen molar-refractivity contribution in [3.63, 3.8) is 0 Å². The predicted octanol–water partition coefficient (Wildman–Crippen LogP) is 2.11. The standard InChI is InChI=1S/C15H19N3O3S/c1-3-12(2)9-15(19)17-22(20,21)14-10-16-18(11-14)13-7-5-4-6-8-13/h4-8,10-12H,3,9H2,1-2H3,(H,17,19)/t12-/m0/s1. The largest absolute Gasteiger partial charge is 0.274 e. The lowest BCUT2D eigenvalue weighted by Gasteiger charge is -2.08. The number of hydrogen-bond acceptors (Lipinski definition) is 4. The summed E-state index contributed by atoms with van der Waals surface area (Å²) in [6, 6.07) is 9.15. The van der Waals surface area contributed by atoms with E-state index < -0.39 is 15.9 Å². The Morgan fingerprint density at radius 3 is 2.64 bits per heavy atom. The van der Waals surface area contributed by atoms with Crippen molar-refractivity contribution in [2.75, 3.05) is 0 Å². The van der Waals surface area contributed by atoms with E-state index in [0.717, 1.165) is 12.1 Å². The van der Waals surface area contributed by atoms with E-state index in [1.165, 1.54) is 17.1 Å². The zero-order chi connectivity index (χ0) is 16.2. The fourth-order valence-electron chi connectivity index (χ4n) is 1.88. The number of sulfonamides is 1. The van der Waals surface area contributed by atoms with E-state index in [4.69, 9.17) is 0 Å². The summed E-state index contributed by atoms with van der Waals surface area (Å²) in [4.78, 5) is 11.7. The van der Waals surface area contributed by atoms with E-state index in [-0.39, 0.29) is 17.2 Å². The number of amides is 1. The van der Waals surface area contributed by atoms with E-state index in [9.17, 15) is 13.2 Å². The van der Waals surface area contributed by atoms with Crippen LogP contribution in [0.5, 0.6) is 0 Å². The zero-order valence-corrected chi connectivity index (χ0v) is 13.4. The van der Waals surface area contributed by atoms with Gasteiger partial charge in [-0.15, -0.1) is 0 Å². The van der Waals surface area contributed by atoms with Crippen molar-refractivity contribution in [1.29, 1.82) is 0 Å². The summed E-state index contributed by atoms with van der Waals surface area (Å²) in [5, 5.41) is 4.02. The summed E-state index contributed by atoms with van der Waals surface area (Å²) in [5.41, 5.74) is 0.745. The molecule has 0 fully saturated rings. The molecule has 1 aromatic carbocycles. The lowest BCUT2D eigenvalue weighted by Crippen LogP contribution is -2.31. The topological polar surface area (TPSA) is 81.1 Å².